The molecule has 0 aromatic rings. The molecule has 0 aromatic carbocycles. The summed E-state index contributed by atoms with van der Waals surface area (Å²) in [4.78, 5) is 3.56. The summed E-state index contributed by atoms with van der Waals surface area (Å²) in [5, 5.41) is 0.605. The molecule has 0 unspecified atom stereocenters. The second-order valence-corrected chi connectivity index (χ2v) is 3.94. The van der Waals surface area contributed by atoms with Crippen LogP contribution in [0.5, 0.6) is 0 Å². The fourth-order valence-electron chi connectivity index (χ4n) is 1.000. The number of nitrogens with two attached hydrogens (primary N) is 2. The molecule has 0 saturated carbocycles. The summed E-state index contributed by atoms with van der Waals surface area (Å²) < 4.78 is 18.1. The van der Waals surface area contributed by atoms with Gasteiger partial charge < -0.3 is 16.2 Å². The second kappa shape index (κ2) is 9.22. The third-order valence-corrected chi connectivity index (χ3v) is 2.46. The quantitative estimate of drug-likeness (QED) is 0.448. The first kappa shape index (κ1) is 17.2. The van der Waals surface area contributed by atoms with E-state index in [9.17, 15) is 4.39 Å². The summed E-state index contributed by atoms with van der Waals surface area (Å²) in [5.41, 5.74) is 11.7. The summed E-state index contributed by atoms with van der Waals surface area (Å²) in [6.07, 6.45) is 5.21. The first-order valence-corrected chi connectivity index (χ1v) is 6.08. The van der Waals surface area contributed by atoms with E-state index in [4.69, 9.17) is 27.8 Å². The van der Waals surface area contributed by atoms with Gasteiger partial charge >= 0.3 is 0 Å². The van der Waals surface area contributed by atoms with Crippen LogP contribution in [0.4, 0.5) is 4.39 Å². The van der Waals surface area contributed by atoms with Gasteiger partial charge in [0, 0.05) is 5.03 Å². The van der Waals surface area contributed by atoms with E-state index in [0.717, 1.165) is 18.1 Å². The summed E-state index contributed by atoms with van der Waals surface area (Å²) in [7, 11) is 0. The van der Waals surface area contributed by atoms with Gasteiger partial charge in [0.15, 0.2) is 11.6 Å². The van der Waals surface area contributed by atoms with Crippen molar-refractivity contribution in [1.29, 1.82) is 0 Å². The van der Waals surface area contributed by atoms with Crippen LogP contribution in [0.3, 0.4) is 0 Å². The molecular weight excluding hydrogens is 269 g/mol. The van der Waals surface area contributed by atoms with E-state index in [1.54, 1.807) is 12.2 Å². The first-order chi connectivity index (χ1) is 8.94. The third kappa shape index (κ3) is 7.31. The molecule has 0 spiro atoms. The van der Waals surface area contributed by atoms with Crippen molar-refractivity contribution in [2.75, 3.05) is 6.61 Å². The Labute approximate surface area is 118 Å². The molecule has 0 atom stereocenters. The predicted octanol–water partition coefficient (Wildman–Crippen LogP) is 3.08. The highest BCUT2D eigenvalue weighted by atomic mass is 35.5. The maximum absolute atomic E-state index is 13.0. The molecule has 4 N–H and O–H groups in total. The number of nitrogens with zero attached hydrogens (tertiary/aromatic N) is 1. The monoisotopic (exact) mass is 287 g/mol. The molecule has 0 aromatic heterocycles. The lowest BCUT2D eigenvalue weighted by atomic mass is 10.2. The van der Waals surface area contributed by atoms with Gasteiger partial charge in [0.25, 0.3) is 6.02 Å². The van der Waals surface area contributed by atoms with Crippen molar-refractivity contribution < 1.29 is 9.13 Å². The van der Waals surface area contributed by atoms with Crippen LogP contribution in [0.1, 0.15) is 20.3 Å². The standard InChI is InChI=1S/C13H19ClFN3O/c1-4-9(7-10(14)5-2)8-19-13(17)18-12(16)11(15)6-3/h5-7H,3-4,8,16H2,1-2H3,(H2,17,18)/b9-7+,10-5+,12-11+. The molecule has 4 nitrogen and oxygen atoms in total. The SMILES string of the molecule is C=C/C(F)=C(N)\N=C(/N)OC/C(=C/C(Cl)=C\C)CC. The van der Waals surface area contributed by atoms with Gasteiger partial charge in [-0.15, -0.1) is 0 Å². The molecule has 0 fully saturated rings. The van der Waals surface area contributed by atoms with E-state index in [2.05, 4.69) is 11.6 Å². The number of amidine groups is 1. The van der Waals surface area contributed by atoms with Crippen molar-refractivity contribution in [1.82, 2.24) is 0 Å². The number of aliphatic imine (C=N–C) groups is 1. The Hall–Kier alpha value is -1.75. The zero-order valence-corrected chi connectivity index (χ0v) is 11.9. The summed E-state index contributed by atoms with van der Waals surface area (Å²) in [6, 6.07) is -0.217. The van der Waals surface area contributed by atoms with Crippen LogP contribution < -0.4 is 11.5 Å². The summed E-state index contributed by atoms with van der Waals surface area (Å²) in [6.45, 7) is 7.21. The van der Waals surface area contributed by atoms with Crippen molar-refractivity contribution >= 4 is 17.6 Å². The zero-order chi connectivity index (χ0) is 14.8. The average molecular weight is 288 g/mol. The molecule has 0 bridgehead atoms. The van der Waals surface area contributed by atoms with Crippen LogP contribution in [0.2, 0.25) is 0 Å². The molecule has 6 heteroatoms. The molecule has 0 amide bonds. The fraction of sp³-hybridized carbons (Fsp3) is 0.308. The Kier molecular flexibility index (Phi) is 8.37. The maximum atomic E-state index is 13.0. The van der Waals surface area contributed by atoms with Gasteiger partial charge in [-0.05, 0) is 31.1 Å². The van der Waals surface area contributed by atoms with Crippen LogP contribution in [0, 0.1) is 0 Å². The Bertz CT molecular complexity index is 439. The Morgan fingerprint density at radius 1 is 1.47 bits per heavy atom. The molecule has 0 saturated heterocycles. The predicted molar refractivity (Wildman–Crippen MR) is 78.1 cm³/mol. The molecule has 0 radical (unpaired) electrons. The number of ether oxygens (including phenoxy) is 1. The van der Waals surface area contributed by atoms with Gasteiger partial charge in [0.1, 0.15) is 6.61 Å². The van der Waals surface area contributed by atoms with E-state index in [1.807, 2.05) is 13.8 Å². The number of rotatable bonds is 6. The maximum Gasteiger partial charge on any atom is 0.289 e. The highest BCUT2D eigenvalue weighted by Gasteiger charge is 2.02. The van der Waals surface area contributed by atoms with Crippen molar-refractivity contribution in [2.24, 2.45) is 16.5 Å². The lowest BCUT2D eigenvalue weighted by molar-refractivity contribution is 0.330. The van der Waals surface area contributed by atoms with E-state index in [1.165, 1.54) is 0 Å². The number of hydrogen-bond acceptors (Lipinski definition) is 3. The van der Waals surface area contributed by atoms with E-state index >= 15 is 0 Å². The van der Waals surface area contributed by atoms with Gasteiger partial charge in [-0.3, -0.25) is 0 Å². The first-order valence-electron chi connectivity index (χ1n) is 5.70. The Morgan fingerprint density at radius 3 is 2.58 bits per heavy atom. The van der Waals surface area contributed by atoms with Crippen LogP contribution in [0.25, 0.3) is 0 Å². The molecule has 0 aliphatic rings. The third-order valence-electron chi connectivity index (χ3n) is 2.13. The average Bonchev–Trinajstić information content (AvgIpc) is 2.41. The molecule has 19 heavy (non-hydrogen) atoms. The molecule has 0 aliphatic heterocycles. The summed E-state index contributed by atoms with van der Waals surface area (Å²) in [5.74, 6) is -1.13. The van der Waals surface area contributed by atoms with E-state index in [-0.39, 0.29) is 18.4 Å². The minimum absolute atomic E-state index is 0.207. The molecule has 0 aliphatic carbocycles. The van der Waals surface area contributed by atoms with Crippen molar-refractivity contribution in [3.8, 4) is 0 Å². The zero-order valence-electron chi connectivity index (χ0n) is 11.1. The second-order valence-electron chi connectivity index (χ2n) is 3.51. The van der Waals surface area contributed by atoms with Crippen LogP contribution in [-0.2, 0) is 4.74 Å². The number of allylic oxidation sites excluding steroid dienone is 5. The van der Waals surface area contributed by atoms with Crippen LogP contribution in [-0.4, -0.2) is 12.6 Å². The molecular formula is C13H19ClFN3O. The molecule has 0 heterocycles. The van der Waals surface area contributed by atoms with Gasteiger partial charge in [0.2, 0.25) is 0 Å². The topological polar surface area (TPSA) is 73.6 Å². The fourth-order valence-corrected chi connectivity index (χ4v) is 1.15. The number of hydrogen-bond donors (Lipinski definition) is 2. The lowest BCUT2D eigenvalue weighted by Crippen LogP contribution is -2.19. The van der Waals surface area contributed by atoms with Gasteiger partial charge in [-0.2, -0.15) is 4.99 Å². The normalized spacial score (nSPS) is 15.1. The van der Waals surface area contributed by atoms with Crippen LogP contribution >= 0.6 is 11.6 Å². The van der Waals surface area contributed by atoms with Gasteiger partial charge in [0.05, 0.1) is 0 Å². The Balaban J connectivity index is 4.68. The Morgan fingerprint density at radius 2 is 2.11 bits per heavy atom. The highest BCUT2D eigenvalue weighted by Crippen LogP contribution is 2.10. The smallest absolute Gasteiger partial charge is 0.289 e. The number of halogens is 2. The highest BCUT2D eigenvalue weighted by molar-refractivity contribution is 6.31. The largest absolute Gasteiger partial charge is 0.461 e. The van der Waals surface area contributed by atoms with Gasteiger partial charge in [-0.25, -0.2) is 4.39 Å². The lowest BCUT2D eigenvalue weighted by Gasteiger charge is -2.07. The van der Waals surface area contributed by atoms with Crippen LogP contribution in [0.15, 0.2) is 52.1 Å². The van der Waals surface area contributed by atoms with Gasteiger partial charge in [-0.1, -0.05) is 31.2 Å². The van der Waals surface area contributed by atoms with E-state index in [0.29, 0.717) is 5.03 Å². The van der Waals surface area contributed by atoms with Crippen molar-refractivity contribution in [2.45, 2.75) is 20.3 Å². The van der Waals surface area contributed by atoms with E-state index < -0.39 is 5.83 Å². The van der Waals surface area contributed by atoms with Crippen molar-refractivity contribution in [3.63, 3.8) is 0 Å². The van der Waals surface area contributed by atoms with Crippen molar-refractivity contribution in [3.05, 3.63) is 47.1 Å². The summed E-state index contributed by atoms with van der Waals surface area (Å²) >= 11 is 5.88. The molecule has 106 valence electrons. The minimum Gasteiger partial charge on any atom is -0.461 e. The molecule has 0 rings (SSSR count). The minimum atomic E-state index is -0.755.